The minimum Gasteiger partial charge on any atom is -0.347 e. The van der Waals surface area contributed by atoms with Crippen LogP contribution < -0.4 is 5.32 Å². The van der Waals surface area contributed by atoms with Gasteiger partial charge >= 0.3 is 0 Å². The molecule has 31 heavy (non-hydrogen) atoms. The summed E-state index contributed by atoms with van der Waals surface area (Å²) in [6.07, 6.45) is 9.49. The van der Waals surface area contributed by atoms with Gasteiger partial charge in [0.25, 0.3) is 5.91 Å². The summed E-state index contributed by atoms with van der Waals surface area (Å²) in [5, 5.41) is 8.05. The van der Waals surface area contributed by atoms with E-state index in [1.807, 2.05) is 0 Å². The summed E-state index contributed by atoms with van der Waals surface area (Å²) >= 11 is 0. The number of amides is 1. The maximum absolute atomic E-state index is 14.6. The molecule has 0 saturated heterocycles. The summed E-state index contributed by atoms with van der Waals surface area (Å²) in [5.74, 6) is 2.21. The molecule has 1 N–H and O–H groups in total. The Kier molecular flexibility index (Phi) is 3.78. The van der Waals surface area contributed by atoms with Gasteiger partial charge in [-0.05, 0) is 93.1 Å². The SMILES string of the molecule is O=C(NC1C2CC3CC(C2)CC1C3)c1nn(-c2ccc(F)cc2F)c2c1C1CCC2C1. The molecule has 6 heteroatoms. The molecule has 6 bridgehead atoms. The van der Waals surface area contributed by atoms with Crippen LogP contribution in [0, 0.1) is 35.3 Å². The minimum atomic E-state index is -0.638. The van der Waals surface area contributed by atoms with Crippen LogP contribution in [0.3, 0.4) is 0 Å². The average Bonchev–Trinajstić information content (AvgIpc) is 3.43. The normalized spacial score (nSPS) is 36.8. The Morgan fingerprint density at radius 3 is 2.39 bits per heavy atom. The van der Waals surface area contributed by atoms with E-state index in [1.165, 1.54) is 44.2 Å². The lowest BCUT2D eigenvalue weighted by Crippen LogP contribution is -2.56. The molecule has 2 atom stereocenters. The third-order valence-electron chi connectivity index (χ3n) is 9.06. The van der Waals surface area contributed by atoms with Gasteiger partial charge in [-0.25, -0.2) is 13.5 Å². The quantitative estimate of drug-likeness (QED) is 0.749. The van der Waals surface area contributed by atoms with E-state index in [2.05, 4.69) is 10.4 Å². The van der Waals surface area contributed by atoms with Gasteiger partial charge in [-0.15, -0.1) is 0 Å². The van der Waals surface area contributed by atoms with Crippen LogP contribution in [0.1, 0.15) is 84.9 Å². The van der Waals surface area contributed by atoms with Crippen molar-refractivity contribution in [2.45, 2.75) is 69.2 Å². The lowest BCUT2D eigenvalue weighted by atomic mass is 9.54. The van der Waals surface area contributed by atoms with Crippen molar-refractivity contribution in [3.8, 4) is 5.69 Å². The van der Waals surface area contributed by atoms with Crippen LogP contribution in [-0.2, 0) is 0 Å². The highest BCUT2D eigenvalue weighted by Gasteiger charge is 2.50. The van der Waals surface area contributed by atoms with Crippen LogP contribution in [0.25, 0.3) is 5.69 Å². The summed E-state index contributed by atoms with van der Waals surface area (Å²) in [4.78, 5) is 13.5. The zero-order valence-corrected chi connectivity index (χ0v) is 17.5. The van der Waals surface area contributed by atoms with Crippen LogP contribution in [0.15, 0.2) is 18.2 Å². The van der Waals surface area contributed by atoms with Crippen molar-refractivity contribution in [2.24, 2.45) is 23.7 Å². The first-order chi connectivity index (χ1) is 15.0. The van der Waals surface area contributed by atoms with Crippen molar-refractivity contribution >= 4 is 5.91 Å². The monoisotopic (exact) mass is 423 g/mol. The fourth-order valence-electron chi connectivity index (χ4n) is 8.12. The predicted octanol–water partition coefficient (Wildman–Crippen LogP) is 5.07. The van der Waals surface area contributed by atoms with Crippen molar-refractivity contribution in [2.75, 3.05) is 0 Å². The summed E-state index contributed by atoms with van der Waals surface area (Å²) < 4.78 is 29.7. The predicted molar refractivity (Wildman–Crippen MR) is 111 cm³/mol. The Morgan fingerprint density at radius 1 is 0.968 bits per heavy atom. The number of nitrogens with zero attached hydrogens (tertiary/aromatic N) is 2. The molecule has 0 spiro atoms. The maximum Gasteiger partial charge on any atom is 0.272 e. The first-order valence-electron chi connectivity index (χ1n) is 11.9. The van der Waals surface area contributed by atoms with E-state index in [9.17, 15) is 13.6 Å². The Bertz CT molecular complexity index is 1060. The number of benzene rings is 1. The van der Waals surface area contributed by atoms with Crippen LogP contribution in [0.5, 0.6) is 0 Å². The van der Waals surface area contributed by atoms with Gasteiger partial charge in [-0.3, -0.25) is 4.79 Å². The minimum absolute atomic E-state index is 0.0949. The van der Waals surface area contributed by atoms with E-state index in [0.29, 0.717) is 29.4 Å². The van der Waals surface area contributed by atoms with E-state index >= 15 is 0 Å². The van der Waals surface area contributed by atoms with Gasteiger partial charge in [0, 0.05) is 23.6 Å². The van der Waals surface area contributed by atoms with Crippen molar-refractivity contribution < 1.29 is 13.6 Å². The molecule has 162 valence electrons. The van der Waals surface area contributed by atoms with E-state index in [-0.39, 0.29) is 17.6 Å². The topological polar surface area (TPSA) is 46.9 Å². The van der Waals surface area contributed by atoms with Gasteiger partial charge in [0.1, 0.15) is 11.5 Å². The molecule has 1 aromatic carbocycles. The molecule has 1 amide bonds. The van der Waals surface area contributed by atoms with Crippen molar-refractivity contribution in [1.29, 1.82) is 0 Å². The van der Waals surface area contributed by atoms with Gasteiger partial charge in [0.2, 0.25) is 0 Å². The number of carbonyl (C=O) groups excluding carboxylic acids is 1. The Morgan fingerprint density at radius 2 is 1.68 bits per heavy atom. The number of nitrogens with one attached hydrogen (secondary N) is 1. The first-order valence-corrected chi connectivity index (χ1v) is 11.9. The molecule has 2 aromatic rings. The van der Waals surface area contributed by atoms with E-state index in [4.69, 9.17) is 0 Å². The molecule has 6 aliphatic rings. The molecule has 2 unspecified atom stereocenters. The van der Waals surface area contributed by atoms with E-state index < -0.39 is 11.6 Å². The number of hydrogen-bond acceptors (Lipinski definition) is 2. The van der Waals surface area contributed by atoms with Crippen molar-refractivity contribution in [3.63, 3.8) is 0 Å². The zero-order chi connectivity index (χ0) is 20.9. The summed E-state index contributed by atoms with van der Waals surface area (Å²) in [6, 6.07) is 3.84. The average molecular weight is 424 g/mol. The Labute approximate surface area is 180 Å². The number of aromatic nitrogens is 2. The molecular weight excluding hydrogens is 396 g/mol. The standard InChI is InChI=1S/C25H27F2N3O/c26-18-3-4-20(19(27)11-18)30-24-15-2-1-14(10-15)21(24)23(29-30)25(31)28-22-16-6-12-5-13(8-16)9-17(22)7-12/h3-4,11-17,22H,1-2,5-10H2,(H,28,31). The third-order valence-corrected chi connectivity index (χ3v) is 9.06. The second kappa shape index (κ2) is 6.39. The highest BCUT2D eigenvalue weighted by Crippen LogP contribution is 2.56. The first kappa shape index (κ1) is 18.3. The number of fused-ring (bicyclic) bond motifs is 5. The number of halogens is 2. The molecule has 6 aliphatic carbocycles. The fourth-order valence-corrected chi connectivity index (χ4v) is 8.12. The molecule has 0 radical (unpaired) electrons. The summed E-state index contributed by atoms with van der Waals surface area (Å²) in [7, 11) is 0. The maximum atomic E-state index is 14.6. The van der Waals surface area contributed by atoms with Gasteiger partial charge in [-0.2, -0.15) is 5.10 Å². The lowest BCUT2D eigenvalue weighted by molar-refractivity contribution is -0.0120. The van der Waals surface area contributed by atoms with Crippen LogP contribution >= 0.6 is 0 Å². The fraction of sp³-hybridized carbons (Fsp3) is 0.600. The van der Waals surface area contributed by atoms with Gasteiger partial charge in [0.15, 0.2) is 11.5 Å². The Balaban J connectivity index is 1.25. The smallest absolute Gasteiger partial charge is 0.272 e. The summed E-state index contributed by atoms with van der Waals surface area (Å²) in [5.41, 5.74) is 2.69. The van der Waals surface area contributed by atoms with Crippen LogP contribution in [0.2, 0.25) is 0 Å². The highest BCUT2D eigenvalue weighted by atomic mass is 19.1. The number of hydrogen-bond donors (Lipinski definition) is 1. The van der Waals surface area contributed by atoms with E-state index in [0.717, 1.165) is 48.4 Å². The molecule has 5 saturated carbocycles. The van der Waals surface area contributed by atoms with E-state index in [1.54, 1.807) is 4.68 Å². The molecule has 4 nitrogen and oxygen atoms in total. The number of rotatable bonds is 3. The lowest BCUT2D eigenvalue weighted by Gasteiger charge is -2.54. The molecule has 8 rings (SSSR count). The Hall–Kier alpha value is -2.24. The van der Waals surface area contributed by atoms with Crippen LogP contribution in [0.4, 0.5) is 8.78 Å². The molecule has 1 heterocycles. The zero-order valence-electron chi connectivity index (χ0n) is 17.5. The van der Waals surface area contributed by atoms with Crippen LogP contribution in [-0.4, -0.2) is 21.7 Å². The highest BCUT2D eigenvalue weighted by molar-refractivity contribution is 5.95. The number of carbonyl (C=O) groups is 1. The van der Waals surface area contributed by atoms with Crippen molar-refractivity contribution in [3.05, 3.63) is 46.8 Å². The van der Waals surface area contributed by atoms with Gasteiger partial charge in [-0.1, -0.05) is 0 Å². The van der Waals surface area contributed by atoms with Gasteiger partial charge in [0.05, 0.1) is 5.69 Å². The second-order valence-electron chi connectivity index (χ2n) is 10.8. The molecule has 0 aliphatic heterocycles. The molecular formula is C25H27F2N3O. The molecule has 5 fully saturated rings. The van der Waals surface area contributed by atoms with Gasteiger partial charge < -0.3 is 5.32 Å². The third kappa shape index (κ3) is 2.63. The molecule has 1 aromatic heterocycles. The second-order valence-corrected chi connectivity index (χ2v) is 10.8. The van der Waals surface area contributed by atoms with Crippen molar-refractivity contribution in [1.82, 2.24) is 15.1 Å². The summed E-state index contributed by atoms with van der Waals surface area (Å²) in [6.45, 7) is 0. The largest absolute Gasteiger partial charge is 0.347 e.